The maximum absolute atomic E-state index is 12.3. The smallest absolute Gasteiger partial charge is 0.266 e. The fourth-order valence-electron chi connectivity index (χ4n) is 1.89. The number of hydrogen-bond donors (Lipinski definition) is 1. The van der Waals surface area contributed by atoms with Crippen LogP contribution in [-0.4, -0.2) is 10.8 Å². The molecule has 0 fully saturated rings. The van der Waals surface area contributed by atoms with E-state index in [2.05, 4.69) is 4.98 Å². The van der Waals surface area contributed by atoms with Crippen molar-refractivity contribution in [3.63, 3.8) is 0 Å². The van der Waals surface area contributed by atoms with Crippen molar-refractivity contribution in [3.8, 4) is 0 Å². The molecule has 0 radical (unpaired) electrons. The van der Waals surface area contributed by atoms with Gasteiger partial charge in [-0.3, -0.25) is 4.79 Å². The molecule has 3 nitrogen and oxygen atoms in total. The van der Waals surface area contributed by atoms with Crippen molar-refractivity contribution in [2.45, 2.75) is 6.92 Å². The molecule has 0 aliphatic carbocycles. The van der Waals surface area contributed by atoms with Crippen molar-refractivity contribution in [2.75, 3.05) is 0 Å². The van der Waals surface area contributed by atoms with Gasteiger partial charge in [-0.05, 0) is 48.3 Å². The van der Waals surface area contributed by atoms with E-state index in [0.29, 0.717) is 16.0 Å². The van der Waals surface area contributed by atoms with Gasteiger partial charge in [0, 0.05) is 5.56 Å². The van der Waals surface area contributed by atoms with E-state index in [1.54, 1.807) is 6.07 Å². The van der Waals surface area contributed by atoms with Crippen LogP contribution in [0.3, 0.4) is 0 Å². The van der Waals surface area contributed by atoms with Crippen LogP contribution in [0.15, 0.2) is 34.1 Å². The van der Waals surface area contributed by atoms with E-state index in [1.165, 1.54) is 11.3 Å². The standard InChI is InChI=1S/C13H9NO2S2/c1-7-5-9-10(16-13(17)14-9)6-8(7)12(15)11-3-2-4-18-11/h2-6H,1H3,(H,14,17). The number of carbonyl (C=O) groups excluding carboxylic acids is 1. The first kappa shape index (κ1) is 11.4. The highest BCUT2D eigenvalue weighted by Gasteiger charge is 2.14. The number of rotatable bonds is 2. The van der Waals surface area contributed by atoms with E-state index in [4.69, 9.17) is 16.6 Å². The van der Waals surface area contributed by atoms with Gasteiger partial charge in [-0.15, -0.1) is 11.3 Å². The molecule has 18 heavy (non-hydrogen) atoms. The second-order valence-electron chi connectivity index (χ2n) is 3.98. The first-order valence-electron chi connectivity index (χ1n) is 5.37. The fourth-order valence-corrected chi connectivity index (χ4v) is 2.77. The van der Waals surface area contributed by atoms with Gasteiger partial charge in [0.25, 0.3) is 4.84 Å². The van der Waals surface area contributed by atoms with Crippen LogP contribution in [-0.2, 0) is 0 Å². The van der Waals surface area contributed by atoms with Gasteiger partial charge < -0.3 is 9.40 Å². The van der Waals surface area contributed by atoms with Gasteiger partial charge in [0.2, 0.25) is 5.78 Å². The molecule has 2 heterocycles. The summed E-state index contributed by atoms with van der Waals surface area (Å²) in [6.45, 7) is 1.91. The first-order chi connectivity index (χ1) is 8.65. The van der Waals surface area contributed by atoms with Gasteiger partial charge in [0.05, 0.1) is 10.4 Å². The summed E-state index contributed by atoms with van der Waals surface area (Å²) in [4.78, 5) is 16.3. The molecule has 1 N–H and O–H groups in total. The number of benzene rings is 1. The fraction of sp³-hybridized carbons (Fsp3) is 0.0769. The van der Waals surface area contributed by atoms with Crippen LogP contribution in [0.1, 0.15) is 20.8 Å². The van der Waals surface area contributed by atoms with Crippen molar-refractivity contribution < 1.29 is 9.21 Å². The van der Waals surface area contributed by atoms with Gasteiger partial charge >= 0.3 is 0 Å². The Morgan fingerprint density at radius 2 is 2.28 bits per heavy atom. The number of fused-ring (bicyclic) bond motifs is 1. The molecule has 90 valence electrons. The van der Waals surface area contributed by atoms with E-state index in [0.717, 1.165) is 16.0 Å². The largest absolute Gasteiger partial charge is 0.429 e. The van der Waals surface area contributed by atoms with Gasteiger partial charge in [-0.1, -0.05) is 6.07 Å². The number of thiophene rings is 1. The third kappa shape index (κ3) is 1.81. The van der Waals surface area contributed by atoms with E-state index in [-0.39, 0.29) is 5.78 Å². The summed E-state index contributed by atoms with van der Waals surface area (Å²) in [7, 11) is 0. The number of aromatic nitrogens is 1. The van der Waals surface area contributed by atoms with Crippen LogP contribution in [0.2, 0.25) is 0 Å². The SMILES string of the molecule is Cc1cc2[nH]c(=S)oc2cc1C(=O)c1cccs1. The minimum atomic E-state index is 0.0201. The van der Waals surface area contributed by atoms with Crippen molar-refractivity contribution in [1.29, 1.82) is 0 Å². The van der Waals surface area contributed by atoms with Crippen LogP contribution in [0.5, 0.6) is 0 Å². The van der Waals surface area contributed by atoms with Crippen LogP contribution in [0.4, 0.5) is 0 Å². The molecular weight excluding hydrogens is 266 g/mol. The molecule has 0 saturated heterocycles. The summed E-state index contributed by atoms with van der Waals surface area (Å²) in [5, 5.41) is 1.89. The third-order valence-corrected chi connectivity index (χ3v) is 3.81. The monoisotopic (exact) mass is 275 g/mol. The second-order valence-corrected chi connectivity index (χ2v) is 5.30. The Morgan fingerprint density at radius 1 is 1.44 bits per heavy atom. The number of nitrogens with one attached hydrogen (secondary N) is 1. The van der Waals surface area contributed by atoms with Crippen LogP contribution >= 0.6 is 23.6 Å². The molecule has 0 spiro atoms. The molecule has 0 atom stereocenters. The predicted molar refractivity (Wildman–Crippen MR) is 73.9 cm³/mol. The second kappa shape index (κ2) is 4.19. The molecule has 3 aromatic rings. The van der Waals surface area contributed by atoms with Crippen molar-refractivity contribution in [3.05, 3.63) is 50.5 Å². The van der Waals surface area contributed by atoms with E-state index < -0.39 is 0 Å². The molecular formula is C13H9NO2S2. The van der Waals surface area contributed by atoms with Crippen molar-refractivity contribution in [2.24, 2.45) is 0 Å². The molecule has 3 rings (SSSR count). The lowest BCUT2D eigenvalue weighted by Gasteiger charge is -2.02. The Hall–Kier alpha value is -1.72. The zero-order valence-electron chi connectivity index (χ0n) is 9.52. The van der Waals surface area contributed by atoms with Crippen LogP contribution in [0.25, 0.3) is 11.1 Å². The average Bonchev–Trinajstić information content (AvgIpc) is 2.94. The van der Waals surface area contributed by atoms with Crippen molar-refractivity contribution in [1.82, 2.24) is 4.98 Å². The molecule has 5 heteroatoms. The highest BCUT2D eigenvalue weighted by Crippen LogP contribution is 2.23. The van der Waals surface area contributed by atoms with Crippen LogP contribution < -0.4 is 0 Å². The van der Waals surface area contributed by atoms with Gasteiger partial charge in [0.1, 0.15) is 0 Å². The zero-order chi connectivity index (χ0) is 12.7. The summed E-state index contributed by atoms with van der Waals surface area (Å²) < 4.78 is 5.34. The predicted octanol–water partition coefficient (Wildman–Crippen LogP) is 4.09. The molecule has 0 unspecified atom stereocenters. The topological polar surface area (TPSA) is 46.0 Å². The Morgan fingerprint density at radius 3 is 3.00 bits per heavy atom. The number of aryl methyl sites for hydroxylation is 1. The average molecular weight is 275 g/mol. The Labute approximate surface area is 112 Å². The first-order valence-corrected chi connectivity index (χ1v) is 6.65. The number of oxazole rings is 1. The van der Waals surface area contributed by atoms with Gasteiger partial charge in [-0.2, -0.15) is 0 Å². The maximum Gasteiger partial charge on any atom is 0.266 e. The molecule has 1 aromatic carbocycles. The lowest BCUT2D eigenvalue weighted by Crippen LogP contribution is -2.01. The number of hydrogen-bond acceptors (Lipinski definition) is 4. The Kier molecular flexibility index (Phi) is 2.65. The zero-order valence-corrected chi connectivity index (χ0v) is 11.2. The molecule has 0 aliphatic rings. The summed E-state index contributed by atoms with van der Waals surface area (Å²) in [5.41, 5.74) is 3.00. The minimum absolute atomic E-state index is 0.0201. The lowest BCUT2D eigenvalue weighted by atomic mass is 10.0. The van der Waals surface area contributed by atoms with E-state index >= 15 is 0 Å². The normalized spacial score (nSPS) is 10.9. The summed E-state index contributed by atoms with van der Waals surface area (Å²) in [6.07, 6.45) is 0. The van der Waals surface area contributed by atoms with E-state index in [1.807, 2.05) is 30.5 Å². The van der Waals surface area contributed by atoms with Crippen LogP contribution in [0, 0.1) is 11.8 Å². The molecule has 0 bridgehead atoms. The van der Waals surface area contributed by atoms with Crippen molar-refractivity contribution >= 4 is 40.4 Å². The quantitative estimate of drug-likeness (QED) is 0.566. The van der Waals surface area contributed by atoms with Gasteiger partial charge in [-0.25, -0.2) is 0 Å². The Balaban J connectivity index is 2.20. The molecule has 0 amide bonds. The summed E-state index contributed by atoms with van der Waals surface area (Å²) >= 11 is 6.38. The lowest BCUT2D eigenvalue weighted by molar-refractivity contribution is 0.104. The number of ketones is 1. The number of aromatic amines is 1. The maximum atomic E-state index is 12.3. The highest BCUT2D eigenvalue weighted by atomic mass is 32.1. The van der Waals surface area contributed by atoms with E-state index in [9.17, 15) is 4.79 Å². The van der Waals surface area contributed by atoms with Gasteiger partial charge in [0.15, 0.2) is 5.58 Å². The minimum Gasteiger partial charge on any atom is -0.429 e. The molecule has 0 saturated carbocycles. The third-order valence-electron chi connectivity index (χ3n) is 2.76. The summed E-state index contributed by atoms with van der Waals surface area (Å²) in [6, 6.07) is 7.33. The Bertz CT molecular complexity index is 781. The number of H-pyrrole nitrogens is 1. The highest BCUT2D eigenvalue weighted by molar-refractivity contribution is 7.71. The molecule has 2 aromatic heterocycles. The molecule has 0 aliphatic heterocycles. The number of carbonyl (C=O) groups is 1. The summed E-state index contributed by atoms with van der Waals surface area (Å²) in [5.74, 6) is 0.0201.